The third-order valence-electron chi connectivity index (χ3n) is 6.51. The molecular weight excluding hydrogens is 525 g/mol. The van der Waals surface area contributed by atoms with Gasteiger partial charge in [-0.1, -0.05) is 72.8 Å². The Morgan fingerprint density at radius 2 is 1.54 bits per heavy atom. The molecule has 1 atom stereocenters. The van der Waals surface area contributed by atoms with Crippen LogP contribution in [0.25, 0.3) is 22.3 Å². The molecular formula is C32H26FN3O5. The second-order valence-electron chi connectivity index (χ2n) is 9.24. The van der Waals surface area contributed by atoms with E-state index >= 15 is 0 Å². The van der Waals surface area contributed by atoms with Crippen LogP contribution >= 0.6 is 0 Å². The van der Waals surface area contributed by atoms with Crippen molar-refractivity contribution >= 4 is 17.9 Å². The number of rotatable bonds is 8. The molecule has 0 radical (unpaired) electrons. The molecule has 0 saturated carbocycles. The molecule has 4 aromatic carbocycles. The molecule has 206 valence electrons. The van der Waals surface area contributed by atoms with Gasteiger partial charge in [0.25, 0.3) is 0 Å². The second-order valence-corrected chi connectivity index (χ2v) is 9.24. The van der Waals surface area contributed by atoms with Crippen LogP contribution < -0.4 is 10.1 Å². The maximum absolute atomic E-state index is 14.9. The fourth-order valence-corrected chi connectivity index (χ4v) is 4.33. The van der Waals surface area contributed by atoms with Crippen molar-refractivity contribution in [3.05, 3.63) is 120 Å². The number of anilines is 1. The van der Waals surface area contributed by atoms with Crippen LogP contribution in [0.15, 0.2) is 103 Å². The molecule has 8 nitrogen and oxygen atoms in total. The number of carboxylic acid groups (broad SMARTS) is 1. The van der Waals surface area contributed by atoms with E-state index in [2.05, 4.69) is 10.4 Å². The van der Waals surface area contributed by atoms with E-state index in [0.29, 0.717) is 16.9 Å². The number of aromatic carboxylic acids is 1. The highest BCUT2D eigenvalue weighted by molar-refractivity contribution is 5.91. The van der Waals surface area contributed by atoms with Crippen molar-refractivity contribution in [1.29, 1.82) is 0 Å². The molecule has 1 amide bonds. The first-order valence-corrected chi connectivity index (χ1v) is 12.8. The number of ether oxygens (including phenoxy) is 2. The van der Waals surface area contributed by atoms with Crippen LogP contribution in [0.1, 0.15) is 28.9 Å². The summed E-state index contributed by atoms with van der Waals surface area (Å²) in [5.41, 5.74) is 3.66. The SMILES string of the molecule is CC(OC(=O)Nc1c(-c2ccc(-c3ccc(Oc4ccccc4C(=O)O)c(F)c3)cc2)cnn1C)c1ccccc1. The van der Waals surface area contributed by atoms with E-state index in [1.807, 2.05) is 54.6 Å². The molecule has 5 aromatic rings. The van der Waals surface area contributed by atoms with Gasteiger partial charge in [0, 0.05) is 12.6 Å². The van der Waals surface area contributed by atoms with Gasteiger partial charge in [-0.05, 0) is 53.4 Å². The van der Waals surface area contributed by atoms with Gasteiger partial charge in [-0.25, -0.2) is 14.0 Å². The van der Waals surface area contributed by atoms with Gasteiger partial charge in [-0.2, -0.15) is 5.10 Å². The van der Waals surface area contributed by atoms with Gasteiger partial charge in [0.2, 0.25) is 0 Å². The highest BCUT2D eigenvalue weighted by atomic mass is 19.1. The standard InChI is InChI=1S/C32H26FN3O5/c1-20(21-8-4-3-5-9-21)40-32(39)35-30-26(19-34-36(30)2)23-14-12-22(13-15-23)24-16-17-29(27(33)18-24)41-28-11-7-6-10-25(28)31(37)38/h3-20H,1-2H3,(H,35,39)(H,37,38). The lowest BCUT2D eigenvalue weighted by Crippen LogP contribution is -2.18. The summed E-state index contributed by atoms with van der Waals surface area (Å²) in [6.45, 7) is 1.80. The first kappa shape index (κ1) is 27.1. The van der Waals surface area contributed by atoms with E-state index in [9.17, 15) is 19.1 Å². The van der Waals surface area contributed by atoms with E-state index in [-0.39, 0.29) is 17.1 Å². The fourth-order valence-electron chi connectivity index (χ4n) is 4.33. The average Bonchev–Trinajstić information content (AvgIpc) is 3.34. The summed E-state index contributed by atoms with van der Waals surface area (Å²) in [4.78, 5) is 24.1. The number of carbonyl (C=O) groups excluding carboxylic acids is 1. The molecule has 41 heavy (non-hydrogen) atoms. The Bertz CT molecular complexity index is 1700. The lowest BCUT2D eigenvalue weighted by Gasteiger charge is -2.15. The third kappa shape index (κ3) is 6.09. The average molecular weight is 552 g/mol. The summed E-state index contributed by atoms with van der Waals surface area (Å²) in [7, 11) is 1.72. The minimum absolute atomic E-state index is 0.0512. The van der Waals surface area contributed by atoms with Crippen LogP contribution in [-0.4, -0.2) is 26.9 Å². The van der Waals surface area contributed by atoms with E-state index in [1.165, 1.54) is 24.3 Å². The number of para-hydroxylation sites is 1. The summed E-state index contributed by atoms with van der Waals surface area (Å²) >= 11 is 0. The fraction of sp³-hybridized carbons (Fsp3) is 0.0938. The van der Waals surface area contributed by atoms with Gasteiger partial charge in [0.1, 0.15) is 23.2 Å². The van der Waals surface area contributed by atoms with Crippen LogP contribution in [0.2, 0.25) is 0 Å². The predicted molar refractivity (Wildman–Crippen MR) is 152 cm³/mol. The molecule has 0 spiro atoms. The molecule has 0 aliphatic carbocycles. The number of hydrogen-bond acceptors (Lipinski definition) is 5. The Labute approximate surface area is 235 Å². The van der Waals surface area contributed by atoms with Crippen molar-refractivity contribution in [2.75, 3.05) is 5.32 Å². The Hall–Kier alpha value is -5.44. The van der Waals surface area contributed by atoms with Crippen molar-refractivity contribution in [3.63, 3.8) is 0 Å². The van der Waals surface area contributed by atoms with Crippen LogP contribution in [0.4, 0.5) is 15.0 Å². The van der Waals surface area contributed by atoms with Gasteiger partial charge in [-0.3, -0.25) is 10.00 Å². The van der Waals surface area contributed by atoms with Crippen molar-refractivity contribution in [2.24, 2.45) is 7.05 Å². The van der Waals surface area contributed by atoms with Crippen molar-refractivity contribution in [1.82, 2.24) is 9.78 Å². The van der Waals surface area contributed by atoms with E-state index in [0.717, 1.165) is 16.7 Å². The Balaban J connectivity index is 1.31. The number of hydrogen-bond donors (Lipinski definition) is 2. The number of benzene rings is 4. The van der Waals surface area contributed by atoms with Crippen molar-refractivity contribution in [3.8, 4) is 33.8 Å². The van der Waals surface area contributed by atoms with Crippen molar-refractivity contribution in [2.45, 2.75) is 13.0 Å². The van der Waals surface area contributed by atoms with Crippen LogP contribution in [0.3, 0.4) is 0 Å². The molecule has 0 aliphatic rings. The first-order chi connectivity index (χ1) is 19.8. The molecule has 0 aliphatic heterocycles. The number of nitrogens with one attached hydrogen (secondary N) is 1. The van der Waals surface area contributed by atoms with Gasteiger partial charge >= 0.3 is 12.1 Å². The third-order valence-corrected chi connectivity index (χ3v) is 6.51. The number of nitrogens with zero attached hydrogens (tertiary/aromatic N) is 2. The summed E-state index contributed by atoms with van der Waals surface area (Å²) in [5.74, 6) is -1.36. The van der Waals surface area contributed by atoms with Gasteiger partial charge in [0.05, 0.1) is 6.20 Å². The molecule has 0 bridgehead atoms. The predicted octanol–water partition coefficient (Wildman–Crippen LogP) is 7.69. The Morgan fingerprint density at radius 1 is 0.878 bits per heavy atom. The van der Waals surface area contributed by atoms with Gasteiger partial charge < -0.3 is 14.6 Å². The maximum atomic E-state index is 14.9. The molecule has 5 rings (SSSR count). The van der Waals surface area contributed by atoms with Gasteiger partial charge in [0.15, 0.2) is 11.6 Å². The zero-order valence-corrected chi connectivity index (χ0v) is 22.2. The largest absolute Gasteiger partial charge is 0.478 e. The number of carbonyl (C=O) groups is 2. The quantitative estimate of drug-likeness (QED) is 0.205. The number of amides is 1. The molecule has 1 aromatic heterocycles. The minimum atomic E-state index is -1.16. The van der Waals surface area contributed by atoms with Crippen LogP contribution in [-0.2, 0) is 11.8 Å². The summed E-state index contributed by atoms with van der Waals surface area (Å²) < 4.78 is 27.6. The zero-order chi connectivity index (χ0) is 28.9. The number of halogens is 1. The van der Waals surface area contributed by atoms with E-state index in [1.54, 1.807) is 43.0 Å². The molecule has 1 unspecified atom stereocenters. The molecule has 2 N–H and O–H groups in total. The lowest BCUT2D eigenvalue weighted by atomic mass is 10.0. The smallest absolute Gasteiger partial charge is 0.413 e. The summed E-state index contributed by atoms with van der Waals surface area (Å²) in [6.07, 6.45) is 0.606. The monoisotopic (exact) mass is 551 g/mol. The van der Waals surface area contributed by atoms with E-state index < -0.39 is 24.0 Å². The molecule has 9 heteroatoms. The number of aromatic nitrogens is 2. The zero-order valence-electron chi connectivity index (χ0n) is 22.2. The topological polar surface area (TPSA) is 103 Å². The molecule has 1 heterocycles. The Kier molecular flexibility index (Phi) is 7.78. The molecule has 0 saturated heterocycles. The normalized spacial score (nSPS) is 11.5. The highest BCUT2D eigenvalue weighted by Gasteiger charge is 2.18. The van der Waals surface area contributed by atoms with Crippen LogP contribution in [0, 0.1) is 5.82 Å². The van der Waals surface area contributed by atoms with Crippen molar-refractivity contribution < 1.29 is 28.6 Å². The van der Waals surface area contributed by atoms with Gasteiger partial charge in [-0.15, -0.1) is 0 Å². The lowest BCUT2D eigenvalue weighted by molar-refractivity contribution is 0.0694. The number of aryl methyl sites for hydroxylation is 1. The highest BCUT2D eigenvalue weighted by Crippen LogP contribution is 2.33. The maximum Gasteiger partial charge on any atom is 0.413 e. The molecule has 0 fully saturated rings. The number of carboxylic acids is 1. The summed E-state index contributed by atoms with van der Waals surface area (Å²) in [5, 5.41) is 16.4. The minimum Gasteiger partial charge on any atom is -0.478 e. The first-order valence-electron chi connectivity index (χ1n) is 12.8. The Morgan fingerprint density at radius 3 is 2.24 bits per heavy atom. The summed E-state index contributed by atoms with van der Waals surface area (Å²) in [6, 6.07) is 27.3. The van der Waals surface area contributed by atoms with E-state index in [4.69, 9.17) is 9.47 Å². The van der Waals surface area contributed by atoms with Crippen LogP contribution in [0.5, 0.6) is 11.5 Å². The second kappa shape index (κ2) is 11.7.